The third kappa shape index (κ3) is 6.49. The van der Waals surface area contributed by atoms with Crippen molar-refractivity contribution in [1.82, 2.24) is 10.6 Å². The van der Waals surface area contributed by atoms with Crippen molar-refractivity contribution in [3.63, 3.8) is 0 Å². The number of halogens is 3. The van der Waals surface area contributed by atoms with Gasteiger partial charge in [0.15, 0.2) is 0 Å². The van der Waals surface area contributed by atoms with E-state index in [4.69, 9.17) is 0 Å². The summed E-state index contributed by atoms with van der Waals surface area (Å²) in [5.41, 5.74) is 0. The Morgan fingerprint density at radius 3 is 2.72 bits per heavy atom. The fourth-order valence-electron chi connectivity index (χ4n) is 2.01. The minimum absolute atomic E-state index is 0.0374. The number of thioether (sulfide) groups is 1. The maximum atomic E-state index is 11.9. The molecule has 0 aromatic carbocycles. The maximum absolute atomic E-state index is 11.9. The monoisotopic (exact) mass is 284 g/mol. The quantitative estimate of drug-likeness (QED) is 0.783. The van der Waals surface area contributed by atoms with Gasteiger partial charge in [0.05, 0.1) is 6.54 Å². The normalized spacial score (nSPS) is 24.2. The molecule has 1 saturated carbocycles. The number of hydrogen-bond donors (Lipinski definition) is 2. The fourth-order valence-corrected chi connectivity index (χ4v) is 3.15. The molecule has 0 saturated heterocycles. The number of amides is 1. The summed E-state index contributed by atoms with van der Waals surface area (Å²) in [6, 6.07) is 0.255. The second kappa shape index (κ2) is 7.23. The minimum Gasteiger partial charge on any atom is -0.346 e. The summed E-state index contributed by atoms with van der Waals surface area (Å²) in [5, 5.41) is 5.48. The molecule has 0 aromatic rings. The summed E-state index contributed by atoms with van der Waals surface area (Å²) in [6.45, 7) is 0.812. The predicted molar refractivity (Wildman–Crippen MR) is 66.6 cm³/mol. The molecule has 0 heterocycles. The Morgan fingerprint density at radius 1 is 1.39 bits per heavy atom. The molecule has 1 aliphatic rings. The van der Waals surface area contributed by atoms with Crippen molar-refractivity contribution in [2.24, 2.45) is 0 Å². The molecule has 1 amide bonds. The van der Waals surface area contributed by atoms with E-state index in [1.165, 1.54) is 0 Å². The highest BCUT2D eigenvalue weighted by atomic mass is 32.2. The second-order valence-electron chi connectivity index (χ2n) is 4.36. The van der Waals surface area contributed by atoms with Crippen molar-refractivity contribution in [2.75, 3.05) is 18.8 Å². The van der Waals surface area contributed by atoms with E-state index in [1.54, 1.807) is 0 Å². The van der Waals surface area contributed by atoms with E-state index in [9.17, 15) is 18.0 Å². The van der Waals surface area contributed by atoms with Gasteiger partial charge in [-0.3, -0.25) is 4.79 Å². The van der Waals surface area contributed by atoms with Gasteiger partial charge in [-0.05, 0) is 25.0 Å². The van der Waals surface area contributed by atoms with Crippen LogP contribution < -0.4 is 10.6 Å². The lowest BCUT2D eigenvalue weighted by Gasteiger charge is -2.13. The largest absolute Gasteiger partial charge is 0.405 e. The van der Waals surface area contributed by atoms with Gasteiger partial charge < -0.3 is 10.6 Å². The summed E-state index contributed by atoms with van der Waals surface area (Å²) >= 11 is 1.90. The summed E-state index contributed by atoms with van der Waals surface area (Å²) in [6.07, 6.45) is -1.25. The Bertz CT molecular complexity index is 274. The Labute approximate surface area is 109 Å². The summed E-state index contributed by atoms with van der Waals surface area (Å²) in [4.78, 5) is 11.2. The highest BCUT2D eigenvalue weighted by Gasteiger charge is 2.28. The molecule has 3 nitrogen and oxygen atoms in total. The Morgan fingerprint density at radius 2 is 2.11 bits per heavy atom. The van der Waals surface area contributed by atoms with Gasteiger partial charge in [-0.2, -0.15) is 24.9 Å². The third-order valence-electron chi connectivity index (χ3n) is 2.82. The van der Waals surface area contributed by atoms with Gasteiger partial charge in [-0.25, -0.2) is 0 Å². The Balaban J connectivity index is 2.12. The zero-order valence-corrected chi connectivity index (χ0v) is 11.2. The van der Waals surface area contributed by atoms with Crippen LogP contribution in [0.4, 0.5) is 13.2 Å². The SMILES string of the molecule is CCSC1CCC(NCC(=O)NCC(F)(F)F)C1. The van der Waals surface area contributed by atoms with E-state index >= 15 is 0 Å². The lowest BCUT2D eigenvalue weighted by atomic mass is 10.2. The fraction of sp³-hybridized carbons (Fsp3) is 0.909. The Kier molecular flexibility index (Phi) is 6.28. The first-order valence-electron chi connectivity index (χ1n) is 6.09. The van der Waals surface area contributed by atoms with Crippen molar-refractivity contribution >= 4 is 17.7 Å². The van der Waals surface area contributed by atoms with Crippen molar-refractivity contribution in [2.45, 2.75) is 43.7 Å². The minimum atomic E-state index is -4.34. The molecule has 0 spiro atoms. The molecule has 106 valence electrons. The van der Waals surface area contributed by atoms with Gasteiger partial charge in [0.2, 0.25) is 5.91 Å². The van der Waals surface area contributed by atoms with Crippen molar-refractivity contribution < 1.29 is 18.0 Å². The zero-order chi connectivity index (χ0) is 13.6. The van der Waals surface area contributed by atoms with Crippen LogP contribution in [-0.4, -0.2) is 42.2 Å². The molecular formula is C11H19F3N2OS. The van der Waals surface area contributed by atoms with Crippen molar-refractivity contribution in [3.05, 3.63) is 0 Å². The average Bonchev–Trinajstić information content (AvgIpc) is 2.71. The van der Waals surface area contributed by atoms with Crippen LogP contribution in [0.3, 0.4) is 0 Å². The lowest BCUT2D eigenvalue weighted by molar-refractivity contribution is -0.137. The van der Waals surface area contributed by atoms with Crippen LogP contribution in [0.1, 0.15) is 26.2 Å². The van der Waals surface area contributed by atoms with Crippen LogP contribution in [0.15, 0.2) is 0 Å². The predicted octanol–water partition coefficient (Wildman–Crippen LogP) is 1.93. The van der Waals surface area contributed by atoms with E-state index in [0.717, 1.165) is 25.0 Å². The number of hydrogen-bond acceptors (Lipinski definition) is 3. The van der Waals surface area contributed by atoms with E-state index in [2.05, 4.69) is 12.2 Å². The van der Waals surface area contributed by atoms with E-state index in [0.29, 0.717) is 5.25 Å². The van der Waals surface area contributed by atoms with Gasteiger partial charge in [-0.1, -0.05) is 6.92 Å². The highest BCUT2D eigenvalue weighted by molar-refractivity contribution is 7.99. The zero-order valence-electron chi connectivity index (χ0n) is 10.3. The molecule has 7 heteroatoms. The van der Waals surface area contributed by atoms with Gasteiger partial charge in [-0.15, -0.1) is 0 Å². The Hall–Kier alpha value is -0.430. The van der Waals surface area contributed by atoms with Gasteiger partial charge >= 0.3 is 6.18 Å². The molecule has 2 N–H and O–H groups in total. The van der Waals surface area contributed by atoms with E-state index < -0.39 is 18.6 Å². The van der Waals surface area contributed by atoms with E-state index in [1.807, 2.05) is 17.1 Å². The summed E-state index contributed by atoms with van der Waals surface area (Å²) < 4.78 is 35.6. The smallest absolute Gasteiger partial charge is 0.346 e. The van der Waals surface area contributed by atoms with Gasteiger partial charge in [0.25, 0.3) is 0 Å². The van der Waals surface area contributed by atoms with Crippen molar-refractivity contribution in [3.8, 4) is 0 Å². The molecule has 1 fully saturated rings. The highest BCUT2D eigenvalue weighted by Crippen LogP contribution is 2.29. The van der Waals surface area contributed by atoms with Crippen LogP contribution >= 0.6 is 11.8 Å². The number of alkyl halides is 3. The molecule has 2 atom stereocenters. The number of nitrogens with one attached hydrogen (secondary N) is 2. The average molecular weight is 284 g/mol. The first-order chi connectivity index (χ1) is 8.40. The molecule has 1 rings (SSSR count). The third-order valence-corrected chi connectivity index (χ3v) is 4.06. The number of carbonyl (C=O) groups is 1. The van der Waals surface area contributed by atoms with Crippen LogP contribution in [0.5, 0.6) is 0 Å². The first-order valence-corrected chi connectivity index (χ1v) is 7.14. The topological polar surface area (TPSA) is 41.1 Å². The van der Waals surface area contributed by atoms with E-state index in [-0.39, 0.29) is 12.6 Å². The van der Waals surface area contributed by atoms with Gasteiger partial charge in [0.1, 0.15) is 6.54 Å². The standard InChI is InChI=1S/C11H19F3N2OS/c1-2-18-9-4-3-8(5-9)15-6-10(17)16-7-11(12,13)14/h8-9,15H,2-7H2,1H3,(H,16,17). The molecular weight excluding hydrogens is 265 g/mol. The molecule has 0 aliphatic heterocycles. The van der Waals surface area contributed by atoms with Crippen LogP contribution in [0.25, 0.3) is 0 Å². The van der Waals surface area contributed by atoms with Crippen LogP contribution in [-0.2, 0) is 4.79 Å². The second-order valence-corrected chi connectivity index (χ2v) is 5.94. The molecule has 1 aliphatic carbocycles. The molecule has 2 unspecified atom stereocenters. The molecule has 0 bridgehead atoms. The summed E-state index contributed by atoms with van der Waals surface area (Å²) in [7, 11) is 0. The number of carbonyl (C=O) groups excluding carboxylic acids is 1. The summed E-state index contributed by atoms with van der Waals surface area (Å²) in [5.74, 6) is 0.475. The maximum Gasteiger partial charge on any atom is 0.405 e. The van der Waals surface area contributed by atoms with Crippen LogP contribution in [0, 0.1) is 0 Å². The molecule has 0 aromatic heterocycles. The van der Waals surface area contributed by atoms with Gasteiger partial charge in [0, 0.05) is 11.3 Å². The molecule has 0 radical (unpaired) electrons. The van der Waals surface area contributed by atoms with Crippen molar-refractivity contribution in [1.29, 1.82) is 0 Å². The molecule has 18 heavy (non-hydrogen) atoms. The van der Waals surface area contributed by atoms with Crippen LogP contribution in [0.2, 0.25) is 0 Å². The number of rotatable bonds is 6. The first kappa shape index (κ1) is 15.6. The lowest BCUT2D eigenvalue weighted by Crippen LogP contribution is -2.41.